The van der Waals surface area contributed by atoms with Crippen molar-refractivity contribution in [3.63, 3.8) is 0 Å². The minimum absolute atomic E-state index is 0.252. The van der Waals surface area contributed by atoms with Crippen LogP contribution in [0, 0.1) is 0 Å². The Morgan fingerprint density at radius 3 is 1.33 bits per heavy atom. The molecule has 2 fully saturated rings. The van der Waals surface area contributed by atoms with Gasteiger partial charge in [0, 0.05) is 6.42 Å². The van der Waals surface area contributed by atoms with Crippen molar-refractivity contribution >= 4 is 5.91 Å². The second-order valence-corrected chi connectivity index (χ2v) is 21.1. The molecule has 2 heterocycles. The molecule has 0 saturated carbocycles. The standard InChI is InChI=1S/C59H109NO13/c1-3-5-7-9-11-13-15-16-17-18-19-20-21-22-23-24-25-26-27-28-29-30-31-32-33-35-37-39-41-43-51(64)60-47(48(63)42-40-38-36-34-14-12-10-8-6-4-2)46-70-58-56(69)54(67)57(50(45-62)72-58)73-59-55(68)53(66)52(65)49(44-61)71-59/h6,8,14,34,40,42,47-50,52-59,61-63,65-69H,3-5,7,9-13,15-33,35-39,41,43-46H2,1-2H3,(H,60,64)/b8-6+,34-14+,42-40+. The second kappa shape index (κ2) is 45.3. The van der Waals surface area contributed by atoms with Gasteiger partial charge in [-0.3, -0.25) is 4.79 Å². The number of aliphatic hydroxyl groups excluding tert-OH is 8. The zero-order chi connectivity index (χ0) is 53.2. The first-order valence-electron chi connectivity index (χ1n) is 29.7. The van der Waals surface area contributed by atoms with Crippen molar-refractivity contribution in [2.24, 2.45) is 0 Å². The van der Waals surface area contributed by atoms with Crippen LogP contribution in [0.5, 0.6) is 0 Å². The molecule has 12 atom stereocenters. The molecule has 0 radical (unpaired) electrons. The summed E-state index contributed by atoms with van der Waals surface area (Å²) in [4.78, 5) is 13.2. The van der Waals surface area contributed by atoms with Gasteiger partial charge in [0.25, 0.3) is 0 Å². The van der Waals surface area contributed by atoms with Gasteiger partial charge >= 0.3 is 0 Å². The predicted octanol–water partition coefficient (Wildman–Crippen LogP) is 9.83. The molecule has 9 N–H and O–H groups in total. The van der Waals surface area contributed by atoms with E-state index in [9.17, 15) is 45.6 Å². The van der Waals surface area contributed by atoms with Crippen LogP contribution < -0.4 is 5.32 Å². The summed E-state index contributed by atoms with van der Waals surface area (Å²) in [5.74, 6) is -0.252. The highest BCUT2D eigenvalue weighted by molar-refractivity contribution is 5.76. The molecule has 14 heteroatoms. The fourth-order valence-electron chi connectivity index (χ4n) is 9.80. The van der Waals surface area contributed by atoms with Crippen molar-refractivity contribution in [3.05, 3.63) is 36.5 Å². The van der Waals surface area contributed by atoms with Crippen molar-refractivity contribution in [2.75, 3.05) is 19.8 Å². The molecule has 0 aromatic heterocycles. The number of amides is 1. The van der Waals surface area contributed by atoms with Crippen LogP contribution in [-0.2, 0) is 23.7 Å². The first kappa shape index (κ1) is 67.3. The summed E-state index contributed by atoms with van der Waals surface area (Å²) in [6.45, 7) is 2.65. The Labute approximate surface area is 442 Å². The number of unbranched alkanes of at least 4 members (excludes halogenated alkanes) is 30. The molecule has 0 aromatic carbocycles. The first-order chi connectivity index (χ1) is 35.6. The maximum atomic E-state index is 13.2. The van der Waals surface area contributed by atoms with Crippen molar-refractivity contribution in [1.82, 2.24) is 5.32 Å². The van der Waals surface area contributed by atoms with E-state index in [1.54, 1.807) is 6.08 Å². The van der Waals surface area contributed by atoms with Crippen LogP contribution in [0.25, 0.3) is 0 Å². The molecule has 73 heavy (non-hydrogen) atoms. The summed E-state index contributed by atoms with van der Waals surface area (Å²) in [6, 6.07) is -0.933. The highest BCUT2D eigenvalue weighted by atomic mass is 16.7. The number of hydrogen-bond donors (Lipinski definition) is 9. The summed E-state index contributed by atoms with van der Waals surface area (Å²) in [5, 5.41) is 86.7. The Balaban J connectivity index is 1.64. The fourth-order valence-corrected chi connectivity index (χ4v) is 9.80. The number of rotatable bonds is 47. The van der Waals surface area contributed by atoms with E-state index in [1.807, 2.05) is 6.08 Å². The molecular weight excluding hydrogens is 931 g/mol. The lowest BCUT2D eigenvalue weighted by Crippen LogP contribution is -2.65. The van der Waals surface area contributed by atoms with E-state index in [4.69, 9.17) is 18.9 Å². The molecule has 0 spiro atoms. The third-order valence-electron chi connectivity index (χ3n) is 14.6. The summed E-state index contributed by atoms with van der Waals surface area (Å²) < 4.78 is 22.7. The van der Waals surface area contributed by atoms with Gasteiger partial charge in [-0.25, -0.2) is 0 Å². The van der Waals surface area contributed by atoms with Gasteiger partial charge in [0.15, 0.2) is 12.6 Å². The van der Waals surface area contributed by atoms with Gasteiger partial charge in [0.1, 0.15) is 48.8 Å². The number of carbonyl (C=O) groups is 1. The van der Waals surface area contributed by atoms with Crippen molar-refractivity contribution in [2.45, 2.75) is 312 Å². The van der Waals surface area contributed by atoms with Gasteiger partial charge < -0.3 is 65.1 Å². The second-order valence-electron chi connectivity index (χ2n) is 21.1. The Kier molecular flexibility index (Phi) is 41.7. The van der Waals surface area contributed by atoms with E-state index < -0.39 is 86.8 Å². The zero-order valence-corrected chi connectivity index (χ0v) is 45.9. The molecular formula is C59H109NO13. The van der Waals surface area contributed by atoms with Crippen LogP contribution in [0.1, 0.15) is 239 Å². The normalized spacial score (nSPS) is 25.6. The Morgan fingerprint density at radius 2 is 0.890 bits per heavy atom. The van der Waals surface area contributed by atoms with Crippen molar-refractivity contribution in [3.8, 4) is 0 Å². The number of nitrogens with one attached hydrogen (secondary N) is 1. The molecule has 0 aromatic rings. The number of ether oxygens (including phenoxy) is 4. The maximum absolute atomic E-state index is 13.2. The Hall–Kier alpha value is -1.79. The quantitative estimate of drug-likeness (QED) is 0.0205. The summed E-state index contributed by atoms with van der Waals surface area (Å²) in [5.41, 5.74) is 0. The van der Waals surface area contributed by atoms with Crippen LogP contribution in [0.2, 0.25) is 0 Å². The van der Waals surface area contributed by atoms with Crippen molar-refractivity contribution < 1.29 is 64.6 Å². The average molecular weight is 1040 g/mol. The van der Waals surface area contributed by atoms with Crippen molar-refractivity contribution in [1.29, 1.82) is 0 Å². The van der Waals surface area contributed by atoms with Crippen LogP contribution in [0.3, 0.4) is 0 Å². The predicted molar refractivity (Wildman–Crippen MR) is 291 cm³/mol. The molecule has 14 nitrogen and oxygen atoms in total. The lowest BCUT2D eigenvalue weighted by atomic mass is 9.97. The summed E-state index contributed by atoms with van der Waals surface area (Å²) in [7, 11) is 0. The van der Waals surface area contributed by atoms with Crippen LogP contribution in [0.4, 0.5) is 0 Å². The van der Waals surface area contributed by atoms with E-state index in [0.717, 1.165) is 44.9 Å². The summed E-state index contributed by atoms with van der Waals surface area (Å²) in [6.07, 6.45) is 38.1. The average Bonchev–Trinajstić information content (AvgIpc) is 3.39. The van der Waals surface area contributed by atoms with Crippen LogP contribution in [0.15, 0.2) is 36.5 Å². The number of aliphatic hydroxyl groups is 8. The Bertz CT molecular complexity index is 1370. The van der Waals surface area contributed by atoms with E-state index in [-0.39, 0.29) is 18.9 Å². The van der Waals surface area contributed by atoms with Gasteiger partial charge in [-0.05, 0) is 38.5 Å². The van der Waals surface area contributed by atoms with Gasteiger partial charge in [0.05, 0.1) is 32.0 Å². The third-order valence-corrected chi connectivity index (χ3v) is 14.6. The first-order valence-corrected chi connectivity index (χ1v) is 29.7. The monoisotopic (exact) mass is 1040 g/mol. The maximum Gasteiger partial charge on any atom is 0.220 e. The third kappa shape index (κ3) is 31.3. The van der Waals surface area contributed by atoms with Crippen LogP contribution in [-0.4, -0.2) is 140 Å². The SMILES string of the molecule is CC/C=C/CC/C=C/CC/C=C/C(O)C(COC1OC(CO)C(OC2OC(CO)C(O)C(O)C2O)C(O)C1O)NC(=O)CCCCCCCCCCCCCCCCCCCCCCCCCCCCCCC. The van der Waals surface area contributed by atoms with Gasteiger partial charge in [-0.2, -0.15) is 0 Å². The summed E-state index contributed by atoms with van der Waals surface area (Å²) >= 11 is 0. The largest absolute Gasteiger partial charge is 0.394 e. The Morgan fingerprint density at radius 1 is 0.493 bits per heavy atom. The zero-order valence-electron chi connectivity index (χ0n) is 45.9. The minimum Gasteiger partial charge on any atom is -0.394 e. The molecule has 2 rings (SSSR count). The van der Waals surface area contributed by atoms with E-state index in [2.05, 4.69) is 43.5 Å². The van der Waals surface area contributed by atoms with E-state index >= 15 is 0 Å². The van der Waals surface area contributed by atoms with Gasteiger partial charge in [0.2, 0.25) is 5.91 Å². The number of carbonyl (C=O) groups excluding carboxylic acids is 1. The molecule has 12 unspecified atom stereocenters. The molecule has 1 amide bonds. The fraction of sp³-hybridized carbons (Fsp3) is 0.881. The lowest BCUT2D eigenvalue weighted by Gasteiger charge is -2.46. The highest BCUT2D eigenvalue weighted by Crippen LogP contribution is 2.30. The molecule has 2 saturated heterocycles. The number of allylic oxidation sites excluding steroid dienone is 5. The molecule has 0 bridgehead atoms. The molecule has 0 aliphatic carbocycles. The van der Waals surface area contributed by atoms with E-state index in [1.165, 1.54) is 161 Å². The molecule has 428 valence electrons. The highest BCUT2D eigenvalue weighted by Gasteiger charge is 2.51. The lowest BCUT2D eigenvalue weighted by molar-refractivity contribution is -0.359. The smallest absolute Gasteiger partial charge is 0.220 e. The number of hydrogen-bond acceptors (Lipinski definition) is 13. The molecule has 2 aliphatic rings. The van der Waals surface area contributed by atoms with Gasteiger partial charge in [-0.1, -0.05) is 230 Å². The topological polar surface area (TPSA) is 228 Å². The van der Waals surface area contributed by atoms with Crippen LogP contribution >= 0.6 is 0 Å². The molecule has 2 aliphatic heterocycles. The minimum atomic E-state index is -1.79. The van der Waals surface area contributed by atoms with E-state index in [0.29, 0.717) is 12.8 Å². The van der Waals surface area contributed by atoms with Gasteiger partial charge in [-0.15, -0.1) is 0 Å².